The van der Waals surface area contributed by atoms with Crippen LogP contribution in [0.15, 0.2) is 24.5 Å². The lowest BCUT2D eigenvalue weighted by Crippen LogP contribution is -2.22. The largest absolute Gasteiger partial charge is 0.482 e. The van der Waals surface area contributed by atoms with Gasteiger partial charge in [0.25, 0.3) is 0 Å². The van der Waals surface area contributed by atoms with Crippen molar-refractivity contribution < 1.29 is 27.4 Å². The molecule has 86 valence electrons. The van der Waals surface area contributed by atoms with Gasteiger partial charge in [-0.05, 0) is 12.5 Å². The average Bonchev–Trinajstić information content (AvgIpc) is 2.09. The van der Waals surface area contributed by atoms with E-state index in [-0.39, 0.29) is 5.76 Å². The molecule has 0 aliphatic heterocycles. The maximum atomic E-state index is 11.6. The van der Waals surface area contributed by atoms with E-state index in [0.717, 1.165) is 0 Å². The first-order valence-corrected chi connectivity index (χ1v) is 3.92. The topological polar surface area (TPSA) is 35.5 Å². The molecule has 0 fully saturated rings. The lowest BCUT2D eigenvalue weighted by atomic mass is 10.3. The van der Waals surface area contributed by atoms with Crippen molar-refractivity contribution in [2.45, 2.75) is 13.1 Å². The SMILES string of the molecule is C=C(C)C(=C)OCC(=O)OCC(F)(F)F. The third-order valence-corrected chi connectivity index (χ3v) is 1.24. The zero-order chi connectivity index (χ0) is 12.1. The molecule has 0 atom stereocenters. The molecule has 3 nitrogen and oxygen atoms in total. The molecule has 0 N–H and O–H groups in total. The first-order valence-electron chi connectivity index (χ1n) is 3.92. The van der Waals surface area contributed by atoms with E-state index in [4.69, 9.17) is 4.74 Å². The number of carbonyl (C=O) groups excluding carboxylic acids is 1. The second-order valence-corrected chi connectivity index (χ2v) is 2.77. The van der Waals surface area contributed by atoms with E-state index in [1.54, 1.807) is 6.92 Å². The van der Waals surface area contributed by atoms with Crippen molar-refractivity contribution in [2.24, 2.45) is 0 Å². The van der Waals surface area contributed by atoms with E-state index in [2.05, 4.69) is 17.9 Å². The van der Waals surface area contributed by atoms with E-state index < -0.39 is 25.4 Å². The quantitative estimate of drug-likeness (QED) is 0.408. The van der Waals surface area contributed by atoms with E-state index >= 15 is 0 Å². The van der Waals surface area contributed by atoms with Crippen molar-refractivity contribution in [1.29, 1.82) is 0 Å². The first-order chi connectivity index (χ1) is 6.72. The standard InChI is InChI=1S/C9H11F3O3/c1-6(2)7(3)14-4-8(13)15-5-9(10,11)12/h1,3-5H2,2H3. The van der Waals surface area contributed by atoms with Crippen LogP contribution in [0.1, 0.15) is 6.92 Å². The number of rotatable bonds is 5. The van der Waals surface area contributed by atoms with Gasteiger partial charge >= 0.3 is 12.1 Å². The number of hydrogen-bond acceptors (Lipinski definition) is 3. The van der Waals surface area contributed by atoms with Crippen molar-refractivity contribution >= 4 is 5.97 Å². The summed E-state index contributed by atoms with van der Waals surface area (Å²) < 4.78 is 43.4. The van der Waals surface area contributed by atoms with Crippen LogP contribution in [0.25, 0.3) is 0 Å². The highest BCUT2D eigenvalue weighted by Gasteiger charge is 2.29. The van der Waals surface area contributed by atoms with E-state index in [1.807, 2.05) is 0 Å². The van der Waals surface area contributed by atoms with Gasteiger partial charge in [0.2, 0.25) is 0 Å². The molecule has 0 aromatic rings. The van der Waals surface area contributed by atoms with Gasteiger partial charge in [0.1, 0.15) is 5.76 Å². The number of esters is 1. The van der Waals surface area contributed by atoms with Crippen LogP contribution < -0.4 is 0 Å². The molecule has 0 aromatic heterocycles. The van der Waals surface area contributed by atoms with Crippen molar-refractivity contribution in [3.63, 3.8) is 0 Å². The Hall–Kier alpha value is -1.46. The Labute approximate surface area is 85.2 Å². The molecule has 0 aliphatic rings. The number of alkyl halides is 3. The lowest BCUT2D eigenvalue weighted by Gasteiger charge is -2.09. The maximum absolute atomic E-state index is 11.6. The molecule has 15 heavy (non-hydrogen) atoms. The Balaban J connectivity index is 3.77. The van der Waals surface area contributed by atoms with Gasteiger partial charge in [-0.15, -0.1) is 0 Å². The van der Waals surface area contributed by atoms with Gasteiger partial charge in [-0.1, -0.05) is 13.2 Å². The van der Waals surface area contributed by atoms with Crippen LogP contribution in [-0.4, -0.2) is 25.4 Å². The van der Waals surface area contributed by atoms with Gasteiger partial charge < -0.3 is 9.47 Å². The van der Waals surface area contributed by atoms with E-state index in [1.165, 1.54) is 0 Å². The molecule has 0 heterocycles. The second-order valence-electron chi connectivity index (χ2n) is 2.77. The van der Waals surface area contributed by atoms with Gasteiger partial charge in [0.15, 0.2) is 13.2 Å². The van der Waals surface area contributed by atoms with Crippen LogP contribution in [0.5, 0.6) is 0 Å². The molecule has 0 unspecified atom stereocenters. The first kappa shape index (κ1) is 13.5. The van der Waals surface area contributed by atoms with Crippen molar-refractivity contribution in [1.82, 2.24) is 0 Å². The molecule has 0 aliphatic carbocycles. The summed E-state index contributed by atoms with van der Waals surface area (Å²) in [6.07, 6.45) is -4.53. The van der Waals surface area contributed by atoms with Crippen LogP contribution in [0, 0.1) is 0 Å². The van der Waals surface area contributed by atoms with Gasteiger partial charge in [-0.3, -0.25) is 0 Å². The molecule has 0 radical (unpaired) electrons. The Morgan fingerprint density at radius 1 is 1.27 bits per heavy atom. The number of hydrogen-bond donors (Lipinski definition) is 0. The average molecular weight is 224 g/mol. The number of carbonyl (C=O) groups is 1. The predicted molar refractivity (Wildman–Crippen MR) is 46.9 cm³/mol. The molecule has 0 bridgehead atoms. The van der Waals surface area contributed by atoms with Crippen molar-refractivity contribution in [3.8, 4) is 0 Å². The smallest absolute Gasteiger partial charge is 0.422 e. The number of halogens is 3. The fraction of sp³-hybridized carbons (Fsp3) is 0.444. The third-order valence-electron chi connectivity index (χ3n) is 1.24. The van der Waals surface area contributed by atoms with Crippen LogP contribution in [-0.2, 0) is 14.3 Å². The number of ether oxygens (including phenoxy) is 2. The zero-order valence-electron chi connectivity index (χ0n) is 8.19. The van der Waals surface area contributed by atoms with Gasteiger partial charge in [-0.25, -0.2) is 4.79 Å². The fourth-order valence-corrected chi connectivity index (χ4v) is 0.473. The highest BCUT2D eigenvalue weighted by Crippen LogP contribution is 2.14. The van der Waals surface area contributed by atoms with Gasteiger partial charge in [-0.2, -0.15) is 13.2 Å². The van der Waals surface area contributed by atoms with Crippen LogP contribution >= 0.6 is 0 Å². The van der Waals surface area contributed by atoms with Gasteiger partial charge in [0.05, 0.1) is 0 Å². The molecule has 0 amide bonds. The summed E-state index contributed by atoms with van der Waals surface area (Å²) in [6.45, 7) is 6.21. The molecular formula is C9H11F3O3. The maximum Gasteiger partial charge on any atom is 0.422 e. The molecular weight excluding hydrogens is 213 g/mol. The molecule has 0 saturated carbocycles. The molecule has 0 saturated heterocycles. The fourth-order valence-electron chi connectivity index (χ4n) is 0.473. The minimum Gasteiger partial charge on any atom is -0.482 e. The summed E-state index contributed by atoms with van der Waals surface area (Å²) in [5, 5.41) is 0. The highest BCUT2D eigenvalue weighted by molar-refractivity contribution is 5.70. The summed E-state index contributed by atoms with van der Waals surface area (Å²) in [5.74, 6) is -0.964. The summed E-state index contributed by atoms with van der Waals surface area (Å²) in [5.41, 5.74) is 0.485. The highest BCUT2D eigenvalue weighted by atomic mass is 19.4. The predicted octanol–water partition coefficient (Wildman–Crippen LogP) is 2.20. The molecule has 0 rings (SSSR count). The Kier molecular flexibility index (Phi) is 4.90. The minimum absolute atomic E-state index is 0.138. The molecule has 6 heteroatoms. The summed E-state index contributed by atoms with van der Waals surface area (Å²) in [7, 11) is 0. The summed E-state index contributed by atoms with van der Waals surface area (Å²) in [4.78, 5) is 10.7. The van der Waals surface area contributed by atoms with E-state index in [9.17, 15) is 18.0 Å². The van der Waals surface area contributed by atoms with Crippen LogP contribution in [0.3, 0.4) is 0 Å². The van der Waals surface area contributed by atoms with Crippen molar-refractivity contribution in [2.75, 3.05) is 13.2 Å². The van der Waals surface area contributed by atoms with Crippen LogP contribution in [0.2, 0.25) is 0 Å². The lowest BCUT2D eigenvalue weighted by molar-refractivity contribution is -0.188. The Morgan fingerprint density at radius 3 is 2.20 bits per heavy atom. The second kappa shape index (κ2) is 5.43. The normalized spacial score (nSPS) is 10.7. The zero-order valence-corrected chi connectivity index (χ0v) is 8.19. The van der Waals surface area contributed by atoms with E-state index in [0.29, 0.717) is 5.57 Å². The Bertz CT molecular complexity index is 268. The number of allylic oxidation sites excluding steroid dienone is 1. The molecule has 0 spiro atoms. The van der Waals surface area contributed by atoms with Crippen molar-refractivity contribution in [3.05, 3.63) is 24.5 Å². The Morgan fingerprint density at radius 2 is 1.80 bits per heavy atom. The minimum atomic E-state index is -4.53. The molecule has 0 aromatic carbocycles. The monoisotopic (exact) mass is 224 g/mol. The summed E-state index contributed by atoms with van der Waals surface area (Å²) >= 11 is 0. The summed E-state index contributed by atoms with van der Waals surface area (Å²) in [6, 6.07) is 0. The third kappa shape index (κ3) is 7.60. The van der Waals surface area contributed by atoms with Crippen LogP contribution in [0.4, 0.5) is 13.2 Å². The van der Waals surface area contributed by atoms with Gasteiger partial charge in [0, 0.05) is 0 Å².